The molecule has 4 nitrogen and oxygen atoms in total. The lowest BCUT2D eigenvalue weighted by Crippen LogP contribution is -2.45. The zero-order valence-electron chi connectivity index (χ0n) is 24.7. The zero-order chi connectivity index (χ0) is 27.9. The molecule has 0 saturated carbocycles. The minimum atomic E-state index is -0.855. The van der Waals surface area contributed by atoms with E-state index in [4.69, 9.17) is 0 Å². The van der Waals surface area contributed by atoms with Gasteiger partial charge in [-0.3, -0.25) is 4.79 Å². The molecule has 3 N–H and O–H groups in total. The Hall–Kier alpha value is -1.91. The van der Waals surface area contributed by atoms with Gasteiger partial charge in [0.05, 0.1) is 18.8 Å². The molecule has 0 aromatic carbocycles. The highest BCUT2D eigenvalue weighted by atomic mass is 16.3. The molecule has 0 aliphatic rings. The third-order valence-electron chi connectivity index (χ3n) is 6.51. The summed E-state index contributed by atoms with van der Waals surface area (Å²) in [6.45, 7) is 4.13. The van der Waals surface area contributed by atoms with Gasteiger partial charge in [-0.15, -0.1) is 0 Å². The average Bonchev–Trinajstić information content (AvgIpc) is 2.92. The van der Waals surface area contributed by atoms with E-state index in [9.17, 15) is 15.0 Å². The number of carbonyl (C=O) groups excluding carboxylic acids is 1. The summed E-state index contributed by atoms with van der Waals surface area (Å²) in [5.74, 6) is -0.111. The summed E-state index contributed by atoms with van der Waals surface area (Å²) in [4.78, 5) is 12.2. The van der Waals surface area contributed by atoms with E-state index < -0.39 is 12.1 Å². The van der Waals surface area contributed by atoms with E-state index in [1.165, 1.54) is 51.4 Å². The van der Waals surface area contributed by atoms with E-state index in [-0.39, 0.29) is 12.5 Å². The van der Waals surface area contributed by atoms with Gasteiger partial charge in [0.25, 0.3) is 0 Å². The monoisotopic (exact) mass is 529 g/mol. The van der Waals surface area contributed by atoms with Crippen molar-refractivity contribution in [2.24, 2.45) is 0 Å². The zero-order valence-corrected chi connectivity index (χ0v) is 24.7. The third-order valence-corrected chi connectivity index (χ3v) is 6.51. The summed E-state index contributed by atoms with van der Waals surface area (Å²) in [7, 11) is 0. The van der Waals surface area contributed by atoms with E-state index in [0.717, 1.165) is 57.8 Å². The number of hydrogen-bond acceptors (Lipinski definition) is 3. The molecule has 38 heavy (non-hydrogen) atoms. The van der Waals surface area contributed by atoms with Crippen molar-refractivity contribution < 1.29 is 15.0 Å². The molecule has 0 saturated heterocycles. The molecule has 0 rings (SSSR count). The summed E-state index contributed by atoms with van der Waals surface area (Å²) in [6, 6.07) is -0.642. The lowest BCUT2D eigenvalue weighted by molar-refractivity contribution is -0.123. The fraction of sp³-hybridized carbons (Fsp3) is 0.676. The molecule has 0 aliphatic heterocycles. The van der Waals surface area contributed by atoms with Gasteiger partial charge in [0, 0.05) is 6.42 Å². The maximum Gasteiger partial charge on any atom is 0.220 e. The molecule has 4 heteroatoms. The molecule has 218 valence electrons. The molecule has 0 aliphatic carbocycles. The van der Waals surface area contributed by atoms with Crippen LogP contribution in [-0.4, -0.2) is 34.9 Å². The number of hydrogen-bond donors (Lipinski definition) is 3. The van der Waals surface area contributed by atoms with Crippen molar-refractivity contribution in [1.29, 1.82) is 0 Å². The first-order valence-corrected chi connectivity index (χ1v) is 15.5. The Morgan fingerprint density at radius 3 is 1.74 bits per heavy atom. The van der Waals surface area contributed by atoms with Crippen molar-refractivity contribution in [1.82, 2.24) is 5.32 Å². The first kappa shape index (κ1) is 36.1. The molecule has 0 spiro atoms. The first-order chi connectivity index (χ1) is 18.7. The van der Waals surface area contributed by atoms with Gasteiger partial charge in [0.2, 0.25) is 5.91 Å². The van der Waals surface area contributed by atoms with Gasteiger partial charge in [-0.05, 0) is 57.8 Å². The number of nitrogens with one attached hydrogen (secondary N) is 1. The number of allylic oxidation sites excluding steroid dienone is 9. The molecular formula is C34H59NO3. The summed E-state index contributed by atoms with van der Waals surface area (Å²) >= 11 is 0. The van der Waals surface area contributed by atoms with Crippen molar-refractivity contribution in [2.75, 3.05) is 6.61 Å². The smallest absolute Gasteiger partial charge is 0.220 e. The second kappa shape index (κ2) is 29.6. The maximum atomic E-state index is 12.2. The van der Waals surface area contributed by atoms with Gasteiger partial charge in [0.1, 0.15) is 0 Å². The molecule has 0 fully saturated rings. The quantitative estimate of drug-likeness (QED) is 0.0775. The summed E-state index contributed by atoms with van der Waals surface area (Å²) in [5.41, 5.74) is 0. The minimum Gasteiger partial charge on any atom is -0.394 e. The Bertz CT molecular complexity index is 663. The van der Waals surface area contributed by atoms with Crippen LogP contribution in [0.5, 0.6) is 0 Å². The first-order valence-electron chi connectivity index (χ1n) is 15.5. The van der Waals surface area contributed by atoms with Gasteiger partial charge in [-0.25, -0.2) is 0 Å². The number of aliphatic hydroxyl groups excluding tert-OH is 2. The van der Waals surface area contributed by atoms with Crippen molar-refractivity contribution >= 4 is 5.91 Å². The predicted octanol–water partition coefficient (Wildman–Crippen LogP) is 8.67. The number of rotatable bonds is 26. The van der Waals surface area contributed by atoms with Crippen LogP contribution < -0.4 is 5.32 Å². The molecule has 2 atom stereocenters. The molecule has 0 heterocycles. The molecule has 0 radical (unpaired) electrons. The number of aliphatic hydroxyl groups is 2. The van der Waals surface area contributed by atoms with Gasteiger partial charge in [-0.2, -0.15) is 0 Å². The van der Waals surface area contributed by atoms with Crippen LogP contribution in [-0.2, 0) is 4.79 Å². The molecular weight excluding hydrogens is 470 g/mol. The number of amides is 1. The van der Waals surface area contributed by atoms with E-state index in [0.29, 0.717) is 6.42 Å². The van der Waals surface area contributed by atoms with Gasteiger partial charge >= 0.3 is 0 Å². The maximum absolute atomic E-state index is 12.2. The van der Waals surface area contributed by atoms with Crippen LogP contribution in [0, 0.1) is 0 Å². The number of carbonyl (C=O) groups is 1. The van der Waals surface area contributed by atoms with Crippen LogP contribution in [0.3, 0.4) is 0 Å². The van der Waals surface area contributed by atoms with Crippen LogP contribution in [0.15, 0.2) is 60.8 Å². The molecule has 0 aromatic rings. The van der Waals surface area contributed by atoms with Crippen LogP contribution in [0.1, 0.15) is 129 Å². The molecule has 2 unspecified atom stereocenters. The van der Waals surface area contributed by atoms with Crippen molar-refractivity contribution in [2.45, 2.75) is 142 Å². The largest absolute Gasteiger partial charge is 0.394 e. The molecule has 0 bridgehead atoms. The Balaban J connectivity index is 3.81. The highest BCUT2D eigenvalue weighted by Crippen LogP contribution is 2.11. The van der Waals surface area contributed by atoms with E-state index in [1.807, 2.05) is 6.08 Å². The third kappa shape index (κ3) is 25.7. The van der Waals surface area contributed by atoms with Gasteiger partial charge in [-0.1, -0.05) is 126 Å². The minimum absolute atomic E-state index is 0.111. The Labute approximate surface area is 235 Å². The predicted molar refractivity (Wildman–Crippen MR) is 165 cm³/mol. The summed E-state index contributed by atoms with van der Waals surface area (Å²) < 4.78 is 0. The second-order valence-electron chi connectivity index (χ2n) is 10.1. The topological polar surface area (TPSA) is 69.6 Å². The Morgan fingerprint density at radius 1 is 0.658 bits per heavy atom. The Kier molecular flexibility index (Phi) is 28.2. The standard InChI is InChI=1S/C34H59NO3/c1-3-5-7-9-11-13-15-16-17-18-20-22-24-26-28-30-34(38)35-32(31-36)33(37)29-27-25-23-21-19-14-12-10-8-6-4-2/h5,7,11,13,16-17,20,22,27,29,32-33,36-37H,3-4,6,8-10,12,14-15,18-19,21,23-26,28,30-31H2,1-2H3,(H,35,38)/b7-5-,13-11-,17-16-,22-20-,29-27+. The van der Waals surface area contributed by atoms with E-state index in [2.05, 4.69) is 67.8 Å². The SMILES string of the molecule is CC/C=C\C/C=C\C/C=C\C/C=C\CCCCC(=O)NC(CO)C(O)/C=C/CCCCCCCCCCC. The lowest BCUT2D eigenvalue weighted by Gasteiger charge is -2.19. The van der Waals surface area contributed by atoms with Crippen LogP contribution in [0.25, 0.3) is 0 Å². The van der Waals surface area contributed by atoms with Crippen LogP contribution >= 0.6 is 0 Å². The summed E-state index contributed by atoms with van der Waals surface area (Å²) in [6.07, 6.45) is 40.0. The Morgan fingerprint density at radius 2 is 1.16 bits per heavy atom. The molecule has 1 amide bonds. The fourth-order valence-corrected chi connectivity index (χ4v) is 4.11. The van der Waals surface area contributed by atoms with Crippen LogP contribution in [0.4, 0.5) is 0 Å². The van der Waals surface area contributed by atoms with Gasteiger partial charge in [0.15, 0.2) is 0 Å². The van der Waals surface area contributed by atoms with Crippen molar-refractivity contribution in [3.8, 4) is 0 Å². The average molecular weight is 530 g/mol. The lowest BCUT2D eigenvalue weighted by atomic mass is 10.1. The van der Waals surface area contributed by atoms with Crippen molar-refractivity contribution in [3.63, 3.8) is 0 Å². The van der Waals surface area contributed by atoms with Gasteiger partial charge < -0.3 is 15.5 Å². The second-order valence-corrected chi connectivity index (χ2v) is 10.1. The van der Waals surface area contributed by atoms with E-state index >= 15 is 0 Å². The fourth-order valence-electron chi connectivity index (χ4n) is 4.11. The highest BCUT2D eigenvalue weighted by Gasteiger charge is 2.17. The van der Waals surface area contributed by atoms with Crippen molar-refractivity contribution in [3.05, 3.63) is 60.8 Å². The van der Waals surface area contributed by atoms with Crippen LogP contribution in [0.2, 0.25) is 0 Å². The number of unbranched alkanes of at least 4 members (excludes halogenated alkanes) is 11. The normalized spacial score (nSPS) is 14.1. The van der Waals surface area contributed by atoms with E-state index in [1.54, 1.807) is 6.08 Å². The summed E-state index contributed by atoms with van der Waals surface area (Å²) in [5, 5.41) is 22.7. The molecule has 0 aromatic heterocycles. The highest BCUT2D eigenvalue weighted by molar-refractivity contribution is 5.76.